The number of imidazole rings is 1. The van der Waals surface area contributed by atoms with Gasteiger partial charge in [0.15, 0.2) is 5.65 Å². The Kier molecular flexibility index (Phi) is 5.60. The maximum Gasteiger partial charge on any atom is 0.154 e. The highest BCUT2D eigenvalue weighted by Gasteiger charge is 2.31. The number of pyridine rings is 1. The third kappa shape index (κ3) is 3.91. The first kappa shape index (κ1) is 22.0. The van der Waals surface area contributed by atoms with Gasteiger partial charge in [0.25, 0.3) is 0 Å². The highest BCUT2D eigenvalue weighted by atomic mass is 19.1. The van der Waals surface area contributed by atoms with Crippen LogP contribution >= 0.6 is 0 Å². The fourth-order valence-corrected chi connectivity index (χ4v) is 5.67. The Balaban J connectivity index is 1.38. The minimum Gasteiger partial charge on any atom is -0.496 e. The molecule has 3 atom stereocenters. The zero-order valence-electron chi connectivity index (χ0n) is 19.6. The van der Waals surface area contributed by atoms with Crippen molar-refractivity contribution in [1.82, 2.24) is 19.6 Å². The van der Waals surface area contributed by atoms with Crippen LogP contribution in [0.4, 0.5) is 10.2 Å². The molecule has 0 amide bonds. The maximum atomic E-state index is 14.1. The van der Waals surface area contributed by atoms with E-state index in [1.807, 2.05) is 28.8 Å². The lowest BCUT2D eigenvalue weighted by molar-refractivity contribution is 0.164. The molecule has 2 fully saturated rings. The average molecular weight is 474 g/mol. The fourth-order valence-electron chi connectivity index (χ4n) is 5.67. The van der Waals surface area contributed by atoms with Crippen LogP contribution in [-0.4, -0.2) is 44.4 Å². The van der Waals surface area contributed by atoms with Crippen molar-refractivity contribution in [2.45, 2.75) is 50.2 Å². The van der Waals surface area contributed by atoms with Gasteiger partial charge in [0.2, 0.25) is 0 Å². The molecule has 4 heterocycles. The van der Waals surface area contributed by atoms with Crippen LogP contribution in [-0.2, 0) is 0 Å². The number of nitrogens with zero attached hydrogens (tertiary/aromatic N) is 5. The summed E-state index contributed by atoms with van der Waals surface area (Å²) in [4.78, 5) is 11.3. The summed E-state index contributed by atoms with van der Waals surface area (Å²) in [5.41, 5.74) is 4.25. The molecule has 0 radical (unpaired) electrons. The Labute approximate surface area is 203 Å². The number of aromatic nitrogens is 4. The van der Waals surface area contributed by atoms with E-state index in [0.29, 0.717) is 5.75 Å². The molecule has 6 rings (SSSR count). The number of anilines is 1. The molecule has 1 saturated carbocycles. The van der Waals surface area contributed by atoms with Gasteiger partial charge in [-0.1, -0.05) is 6.42 Å². The first-order valence-electron chi connectivity index (χ1n) is 12.2. The van der Waals surface area contributed by atoms with E-state index >= 15 is 0 Å². The summed E-state index contributed by atoms with van der Waals surface area (Å²) in [6.07, 6.45) is 8.03. The average Bonchev–Trinajstić information content (AvgIpc) is 3.63. The molecule has 0 unspecified atom stereocenters. The molecule has 1 N–H and O–H groups in total. The van der Waals surface area contributed by atoms with E-state index in [0.717, 1.165) is 72.6 Å². The summed E-state index contributed by atoms with van der Waals surface area (Å²) in [7, 11) is 1.61. The summed E-state index contributed by atoms with van der Waals surface area (Å²) in [5, 5.41) is 15.3. The Morgan fingerprint density at radius 2 is 1.94 bits per heavy atom. The number of benzene rings is 1. The van der Waals surface area contributed by atoms with Gasteiger partial charge in [-0.05, 0) is 73.7 Å². The first-order chi connectivity index (χ1) is 17.1. The van der Waals surface area contributed by atoms with E-state index in [4.69, 9.17) is 9.84 Å². The molecule has 1 saturated heterocycles. The molecule has 8 heteroatoms. The Hall–Kier alpha value is -3.52. The number of halogens is 1. The van der Waals surface area contributed by atoms with Gasteiger partial charge in [-0.2, -0.15) is 0 Å². The lowest BCUT2D eigenvalue weighted by Crippen LogP contribution is -2.24. The van der Waals surface area contributed by atoms with Crippen LogP contribution in [0.25, 0.3) is 17.0 Å². The predicted octanol–water partition coefficient (Wildman–Crippen LogP) is 4.91. The number of aliphatic hydroxyl groups excluding tert-OH is 1. The zero-order chi connectivity index (χ0) is 23.9. The van der Waals surface area contributed by atoms with Gasteiger partial charge in [-0.15, -0.1) is 5.10 Å². The standard InChI is InChI=1S/C27H28FN5O2/c1-35-25-8-7-18(28)15-20(25)22-5-3-13-32(22)27-10-9-26-30-16-23(33(26)31-27)21-14-17(11-12-29-21)19-4-2-6-24(19)34/h7-12,14-16,19,22,24,34H,2-6,13H2,1H3/t19-,22-,24+/m1/s1. The van der Waals surface area contributed by atoms with Crippen molar-refractivity contribution in [3.63, 3.8) is 0 Å². The number of aliphatic hydroxyl groups is 1. The number of fused-ring (bicyclic) bond motifs is 1. The van der Waals surface area contributed by atoms with Gasteiger partial charge in [0, 0.05) is 24.2 Å². The third-order valence-corrected chi connectivity index (χ3v) is 7.40. The van der Waals surface area contributed by atoms with Gasteiger partial charge in [0.05, 0.1) is 31.1 Å². The Bertz CT molecular complexity index is 1370. The molecular formula is C27H28FN5O2. The Morgan fingerprint density at radius 3 is 2.77 bits per heavy atom. The predicted molar refractivity (Wildman–Crippen MR) is 131 cm³/mol. The van der Waals surface area contributed by atoms with Crippen LogP contribution in [0.3, 0.4) is 0 Å². The molecule has 35 heavy (non-hydrogen) atoms. The minimum absolute atomic E-state index is 0.0251. The lowest BCUT2D eigenvalue weighted by Gasteiger charge is -2.27. The molecule has 1 aromatic carbocycles. The summed E-state index contributed by atoms with van der Waals surface area (Å²) in [6, 6.07) is 12.6. The van der Waals surface area contributed by atoms with Crippen molar-refractivity contribution in [3.8, 4) is 17.1 Å². The van der Waals surface area contributed by atoms with Gasteiger partial charge >= 0.3 is 0 Å². The summed E-state index contributed by atoms with van der Waals surface area (Å²) >= 11 is 0. The fraction of sp³-hybridized carbons (Fsp3) is 0.370. The molecule has 3 aromatic heterocycles. The normalized spacial score (nSPS) is 22.3. The first-order valence-corrected chi connectivity index (χ1v) is 12.2. The molecule has 4 aromatic rings. The van der Waals surface area contributed by atoms with E-state index in [9.17, 15) is 9.50 Å². The molecule has 180 valence electrons. The van der Waals surface area contributed by atoms with Crippen molar-refractivity contribution in [1.29, 1.82) is 0 Å². The maximum absolute atomic E-state index is 14.1. The largest absolute Gasteiger partial charge is 0.496 e. The van der Waals surface area contributed by atoms with Crippen LogP contribution in [0.1, 0.15) is 55.2 Å². The smallest absolute Gasteiger partial charge is 0.154 e. The van der Waals surface area contributed by atoms with Gasteiger partial charge in [0.1, 0.15) is 23.1 Å². The molecule has 2 aliphatic rings. The summed E-state index contributed by atoms with van der Waals surface area (Å²) in [6.45, 7) is 0.820. The van der Waals surface area contributed by atoms with E-state index in [1.54, 1.807) is 31.6 Å². The van der Waals surface area contributed by atoms with Crippen LogP contribution in [0.15, 0.2) is 54.9 Å². The van der Waals surface area contributed by atoms with Crippen molar-refractivity contribution in [2.24, 2.45) is 0 Å². The second kappa shape index (κ2) is 8.92. The molecule has 1 aliphatic heterocycles. The number of hydrogen-bond donors (Lipinski definition) is 1. The van der Waals surface area contributed by atoms with Crippen molar-refractivity contribution < 1.29 is 14.2 Å². The summed E-state index contributed by atoms with van der Waals surface area (Å²) < 4.78 is 21.5. The van der Waals surface area contributed by atoms with Crippen molar-refractivity contribution in [3.05, 3.63) is 71.8 Å². The molecule has 1 aliphatic carbocycles. The van der Waals surface area contributed by atoms with Gasteiger partial charge < -0.3 is 14.7 Å². The molecule has 0 spiro atoms. The number of methoxy groups -OCH3 is 1. The molecule has 0 bridgehead atoms. The van der Waals surface area contributed by atoms with E-state index in [2.05, 4.69) is 14.9 Å². The second-order valence-electron chi connectivity index (χ2n) is 9.42. The van der Waals surface area contributed by atoms with Crippen LogP contribution in [0.2, 0.25) is 0 Å². The lowest BCUT2D eigenvalue weighted by atomic mass is 9.96. The minimum atomic E-state index is -0.302. The van der Waals surface area contributed by atoms with Gasteiger partial charge in [-0.3, -0.25) is 4.98 Å². The second-order valence-corrected chi connectivity index (χ2v) is 9.42. The van der Waals surface area contributed by atoms with E-state index in [-0.39, 0.29) is 23.9 Å². The van der Waals surface area contributed by atoms with E-state index in [1.165, 1.54) is 6.07 Å². The quantitative estimate of drug-likeness (QED) is 0.444. The highest BCUT2D eigenvalue weighted by Crippen LogP contribution is 2.40. The number of hydrogen-bond acceptors (Lipinski definition) is 6. The molecule has 7 nitrogen and oxygen atoms in total. The number of ether oxygens (including phenoxy) is 1. The third-order valence-electron chi connectivity index (χ3n) is 7.40. The van der Waals surface area contributed by atoms with Crippen LogP contribution in [0.5, 0.6) is 5.75 Å². The van der Waals surface area contributed by atoms with Crippen LogP contribution < -0.4 is 9.64 Å². The Morgan fingerprint density at radius 1 is 1.03 bits per heavy atom. The van der Waals surface area contributed by atoms with Gasteiger partial charge in [-0.25, -0.2) is 13.9 Å². The summed E-state index contributed by atoms with van der Waals surface area (Å²) in [5.74, 6) is 1.35. The monoisotopic (exact) mass is 473 g/mol. The number of rotatable bonds is 5. The molecular weight excluding hydrogens is 445 g/mol. The van der Waals surface area contributed by atoms with E-state index < -0.39 is 0 Å². The highest BCUT2D eigenvalue weighted by molar-refractivity contribution is 5.61. The topological polar surface area (TPSA) is 75.8 Å². The van der Waals surface area contributed by atoms with Crippen molar-refractivity contribution in [2.75, 3.05) is 18.6 Å². The zero-order valence-corrected chi connectivity index (χ0v) is 19.6. The van der Waals surface area contributed by atoms with Crippen molar-refractivity contribution >= 4 is 11.5 Å². The van der Waals surface area contributed by atoms with Crippen LogP contribution in [0, 0.1) is 5.82 Å². The SMILES string of the molecule is COc1ccc(F)cc1[C@H]1CCCN1c1ccc2ncc(-c3cc([C@H]4CCC[C@@H]4O)ccn3)n2n1.